The molecule has 128 valence electrons. The molecule has 3 rings (SSSR count). The molecular formula is C17H22N4O2S. The van der Waals surface area contributed by atoms with E-state index in [-0.39, 0.29) is 5.78 Å². The van der Waals surface area contributed by atoms with Crippen molar-refractivity contribution in [3.05, 3.63) is 29.8 Å². The minimum Gasteiger partial charge on any atom is -0.494 e. The number of nitrogens with zero attached hydrogens (tertiary/aromatic N) is 4. The van der Waals surface area contributed by atoms with Crippen molar-refractivity contribution in [2.75, 3.05) is 12.4 Å². The quantitative estimate of drug-likeness (QED) is 0.564. The fourth-order valence-electron chi connectivity index (χ4n) is 2.95. The van der Waals surface area contributed by atoms with Crippen LogP contribution in [0.15, 0.2) is 29.4 Å². The van der Waals surface area contributed by atoms with Crippen LogP contribution < -0.4 is 4.74 Å². The highest BCUT2D eigenvalue weighted by atomic mass is 32.2. The van der Waals surface area contributed by atoms with Gasteiger partial charge in [0, 0.05) is 5.56 Å². The molecule has 0 N–H and O–H groups in total. The number of thioether (sulfide) groups is 1. The third kappa shape index (κ3) is 4.14. The Balaban J connectivity index is 1.59. The van der Waals surface area contributed by atoms with Gasteiger partial charge in [0.2, 0.25) is 5.16 Å². The van der Waals surface area contributed by atoms with Crippen LogP contribution in [0.25, 0.3) is 0 Å². The zero-order valence-electron chi connectivity index (χ0n) is 13.9. The van der Waals surface area contributed by atoms with Crippen molar-refractivity contribution >= 4 is 17.5 Å². The van der Waals surface area contributed by atoms with E-state index in [9.17, 15) is 4.79 Å². The highest BCUT2D eigenvalue weighted by Crippen LogP contribution is 2.30. The Morgan fingerprint density at radius 2 is 2.00 bits per heavy atom. The van der Waals surface area contributed by atoms with Crippen LogP contribution in [0.3, 0.4) is 0 Å². The Labute approximate surface area is 146 Å². The van der Waals surface area contributed by atoms with Gasteiger partial charge in [0.25, 0.3) is 0 Å². The van der Waals surface area contributed by atoms with Gasteiger partial charge in [-0.15, -0.1) is 5.10 Å². The standard InChI is InChI=1S/C17H22N4O2S/c1-2-23-15-10-8-13(9-11-15)16(22)12-24-17-18-19-20-21(17)14-6-4-3-5-7-14/h8-11,14H,2-7,12H2,1H3. The van der Waals surface area contributed by atoms with Crippen LogP contribution in [0.4, 0.5) is 0 Å². The predicted octanol–water partition coefficient (Wildman–Crippen LogP) is 3.55. The van der Waals surface area contributed by atoms with Crippen LogP contribution in [-0.4, -0.2) is 38.4 Å². The lowest BCUT2D eigenvalue weighted by molar-refractivity contribution is 0.102. The zero-order chi connectivity index (χ0) is 16.8. The number of hydrogen-bond donors (Lipinski definition) is 0. The summed E-state index contributed by atoms with van der Waals surface area (Å²) in [6, 6.07) is 7.63. The molecule has 24 heavy (non-hydrogen) atoms. The SMILES string of the molecule is CCOc1ccc(C(=O)CSc2nnnn2C2CCCCC2)cc1. The number of benzene rings is 1. The number of carbonyl (C=O) groups is 1. The number of Topliss-reactive ketones (excluding diaryl/α,β-unsaturated/α-hetero) is 1. The van der Waals surface area contributed by atoms with Gasteiger partial charge in [-0.25, -0.2) is 4.68 Å². The molecule has 0 unspecified atom stereocenters. The van der Waals surface area contributed by atoms with Gasteiger partial charge in [0.15, 0.2) is 5.78 Å². The van der Waals surface area contributed by atoms with E-state index in [1.165, 1.54) is 31.0 Å². The topological polar surface area (TPSA) is 69.9 Å². The third-order valence-electron chi connectivity index (χ3n) is 4.20. The molecule has 0 radical (unpaired) electrons. The van der Waals surface area contributed by atoms with Gasteiger partial charge in [-0.2, -0.15) is 0 Å². The summed E-state index contributed by atoms with van der Waals surface area (Å²) in [6.07, 6.45) is 5.97. The number of carbonyl (C=O) groups excluding carboxylic acids is 1. The van der Waals surface area contributed by atoms with Gasteiger partial charge in [0.05, 0.1) is 18.4 Å². The summed E-state index contributed by atoms with van der Waals surface area (Å²) in [5.41, 5.74) is 0.683. The van der Waals surface area contributed by atoms with E-state index in [1.54, 1.807) is 12.1 Å². The number of aromatic nitrogens is 4. The van der Waals surface area contributed by atoms with Crippen molar-refractivity contribution < 1.29 is 9.53 Å². The monoisotopic (exact) mass is 346 g/mol. The molecule has 0 bridgehead atoms. The predicted molar refractivity (Wildman–Crippen MR) is 92.6 cm³/mol. The smallest absolute Gasteiger partial charge is 0.210 e. The molecule has 7 heteroatoms. The first-order chi connectivity index (χ1) is 11.8. The lowest BCUT2D eigenvalue weighted by atomic mass is 9.96. The molecule has 1 heterocycles. The van der Waals surface area contributed by atoms with Crippen molar-refractivity contribution in [3.63, 3.8) is 0 Å². The Bertz CT molecular complexity index is 665. The van der Waals surface area contributed by atoms with Gasteiger partial charge in [-0.05, 0) is 54.5 Å². The van der Waals surface area contributed by atoms with E-state index >= 15 is 0 Å². The van der Waals surface area contributed by atoms with Crippen LogP contribution in [0, 0.1) is 0 Å². The average Bonchev–Trinajstić information content (AvgIpc) is 3.10. The van der Waals surface area contributed by atoms with E-state index < -0.39 is 0 Å². The molecule has 0 aliphatic heterocycles. The van der Waals surface area contributed by atoms with Crippen molar-refractivity contribution in [1.29, 1.82) is 0 Å². The van der Waals surface area contributed by atoms with Crippen LogP contribution in [0.1, 0.15) is 55.4 Å². The fourth-order valence-corrected chi connectivity index (χ4v) is 3.79. The van der Waals surface area contributed by atoms with Gasteiger partial charge < -0.3 is 4.74 Å². The molecule has 1 aromatic heterocycles. The summed E-state index contributed by atoms with van der Waals surface area (Å²) in [7, 11) is 0. The molecule has 0 spiro atoms. The van der Waals surface area contributed by atoms with E-state index in [1.807, 2.05) is 23.7 Å². The van der Waals surface area contributed by atoms with Crippen molar-refractivity contribution in [3.8, 4) is 5.75 Å². The van der Waals surface area contributed by atoms with Crippen molar-refractivity contribution in [2.24, 2.45) is 0 Å². The van der Waals surface area contributed by atoms with Crippen molar-refractivity contribution in [1.82, 2.24) is 20.2 Å². The molecule has 1 aliphatic rings. The second-order valence-corrected chi connectivity index (χ2v) is 6.81. The van der Waals surface area contributed by atoms with Crippen LogP contribution >= 0.6 is 11.8 Å². The third-order valence-corrected chi connectivity index (χ3v) is 5.14. The lowest BCUT2D eigenvalue weighted by Crippen LogP contribution is -2.15. The fraction of sp³-hybridized carbons (Fsp3) is 0.529. The number of rotatable bonds is 7. The first kappa shape index (κ1) is 17.0. The zero-order valence-corrected chi connectivity index (χ0v) is 14.7. The Kier molecular flexibility index (Phi) is 5.85. The maximum absolute atomic E-state index is 12.4. The summed E-state index contributed by atoms with van der Waals surface area (Å²) in [6.45, 7) is 2.55. The van der Waals surface area contributed by atoms with Gasteiger partial charge in [-0.1, -0.05) is 31.0 Å². The van der Waals surface area contributed by atoms with E-state index in [0.29, 0.717) is 24.0 Å². The number of hydrogen-bond acceptors (Lipinski definition) is 6. The highest BCUT2D eigenvalue weighted by molar-refractivity contribution is 7.99. The highest BCUT2D eigenvalue weighted by Gasteiger charge is 2.21. The Morgan fingerprint density at radius 1 is 1.25 bits per heavy atom. The minimum atomic E-state index is 0.0706. The van der Waals surface area contributed by atoms with Crippen LogP contribution in [0.2, 0.25) is 0 Å². The number of tetrazole rings is 1. The van der Waals surface area contributed by atoms with E-state index in [4.69, 9.17) is 4.74 Å². The summed E-state index contributed by atoms with van der Waals surface area (Å²) in [5.74, 6) is 1.19. The summed E-state index contributed by atoms with van der Waals surface area (Å²) in [4.78, 5) is 12.4. The van der Waals surface area contributed by atoms with Crippen molar-refractivity contribution in [2.45, 2.75) is 50.2 Å². The largest absolute Gasteiger partial charge is 0.494 e. The van der Waals surface area contributed by atoms with Crippen LogP contribution in [-0.2, 0) is 0 Å². The molecule has 6 nitrogen and oxygen atoms in total. The lowest BCUT2D eigenvalue weighted by Gasteiger charge is -2.21. The number of ether oxygens (including phenoxy) is 1. The number of ketones is 1. The molecule has 0 saturated heterocycles. The van der Waals surface area contributed by atoms with Crippen LogP contribution in [0.5, 0.6) is 5.75 Å². The molecular weight excluding hydrogens is 324 g/mol. The molecule has 1 aromatic carbocycles. The Hall–Kier alpha value is -1.89. The summed E-state index contributed by atoms with van der Waals surface area (Å²) >= 11 is 1.41. The molecule has 1 fully saturated rings. The average molecular weight is 346 g/mol. The molecule has 2 aromatic rings. The van der Waals surface area contributed by atoms with Gasteiger partial charge in [-0.3, -0.25) is 4.79 Å². The normalized spacial score (nSPS) is 15.4. The van der Waals surface area contributed by atoms with E-state index in [2.05, 4.69) is 15.5 Å². The second kappa shape index (κ2) is 8.28. The molecule has 1 aliphatic carbocycles. The van der Waals surface area contributed by atoms with Gasteiger partial charge in [0.1, 0.15) is 5.75 Å². The molecule has 0 amide bonds. The maximum Gasteiger partial charge on any atom is 0.210 e. The first-order valence-electron chi connectivity index (χ1n) is 8.44. The van der Waals surface area contributed by atoms with Gasteiger partial charge >= 0.3 is 0 Å². The maximum atomic E-state index is 12.4. The van der Waals surface area contributed by atoms with E-state index in [0.717, 1.165) is 23.7 Å². The Morgan fingerprint density at radius 3 is 2.71 bits per heavy atom. The summed E-state index contributed by atoms with van der Waals surface area (Å²) < 4.78 is 7.29. The minimum absolute atomic E-state index is 0.0706. The second-order valence-electron chi connectivity index (χ2n) is 5.87. The first-order valence-corrected chi connectivity index (χ1v) is 9.43. The molecule has 0 atom stereocenters. The summed E-state index contributed by atoms with van der Waals surface area (Å²) in [5, 5.41) is 12.7. The molecule has 1 saturated carbocycles.